The molecule has 3 N–H and O–H groups in total. The molecule has 0 bridgehead atoms. The van der Waals surface area contributed by atoms with Crippen LogP contribution in [0.25, 0.3) is 10.9 Å². The van der Waals surface area contributed by atoms with Crippen molar-refractivity contribution in [3.63, 3.8) is 0 Å². The van der Waals surface area contributed by atoms with Crippen LogP contribution in [0.4, 0.5) is 0 Å². The number of aryl methyl sites for hydroxylation is 2. The molecule has 0 aliphatic heterocycles. The largest absolute Gasteiger partial charge is 0.355 e. The van der Waals surface area contributed by atoms with Crippen LogP contribution in [0.5, 0.6) is 0 Å². The summed E-state index contributed by atoms with van der Waals surface area (Å²) in [6, 6.07) is 5.91. The lowest BCUT2D eigenvalue weighted by atomic mass is 10.1. The van der Waals surface area contributed by atoms with Crippen LogP contribution < -0.4 is 10.6 Å². The maximum Gasteiger partial charge on any atom is 0.268 e. The molecule has 0 fully saturated rings. The minimum absolute atomic E-state index is 0.00773. The van der Waals surface area contributed by atoms with E-state index in [0.717, 1.165) is 28.5 Å². The molecule has 0 saturated carbocycles. The number of nitrogens with one attached hydrogen (secondary N) is 3. The number of amides is 2. The van der Waals surface area contributed by atoms with Gasteiger partial charge in [0.25, 0.3) is 5.91 Å². The van der Waals surface area contributed by atoms with Gasteiger partial charge in [-0.1, -0.05) is 13.0 Å². The predicted octanol–water partition coefficient (Wildman–Crippen LogP) is 2.04. The number of aromatic amines is 1. The predicted molar refractivity (Wildman–Crippen MR) is 83.4 cm³/mol. The molecule has 5 nitrogen and oxygen atoms in total. The van der Waals surface area contributed by atoms with Crippen molar-refractivity contribution in [3.8, 4) is 0 Å². The number of H-pyrrole nitrogens is 1. The highest BCUT2D eigenvalue weighted by atomic mass is 16.2. The summed E-state index contributed by atoms with van der Waals surface area (Å²) in [6.07, 6.45) is 0.875. The third kappa shape index (κ3) is 3.62. The number of carbonyl (C=O) groups is 2. The van der Waals surface area contributed by atoms with Crippen molar-refractivity contribution in [2.45, 2.75) is 27.2 Å². The van der Waals surface area contributed by atoms with Gasteiger partial charge in [0.15, 0.2) is 0 Å². The first kappa shape index (κ1) is 15.1. The van der Waals surface area contributed by atoms with E-state index in [1.807, 2.05) is 32.9 Å². The second-order valence-corrected chi connectivity index (χ2v) is 5.26. The van der Waals surface area contributed by atoms with E-state index >= 15 is 0 Å². The molecular weight excluding hydrogens is 266 g/mol. The van der Waals surface area contributed by atoms with E-state index in [2.05, 4.69) is 21.7 Å². The molecule has 1 aromatic carbocycles. The molecule has 2 amide bonds. The van der Waals surface area contributed by atoms with Crippen molar-refractivity contribution in [1.29, 1.82) is 0 Å². The van der Waals surface area contributed by atoms with Crippen LogP contribution in [0, 0.1) is 13.8 Å². The summed E-state index contributed by atoms with van der Waals surface area (Å²) in [5.41, 5.74) is 3.68. The first-order chi connectivity index (χ1) is 10.0. The second-order valence-electron chi connectivity index (χ2n) is 5.26. The topological polar surface area (TPSA) is 74.0 Å². The molecule has 1 aromatic heterocycles. The Morgan fingerprint density at radius 3 is 2.62 bits per heavy atom. The van der Waals surface area contributed by atoms with Gasteiger partial charge in [-0.15, -0.1) is 0 Å². The summed E-state index contributed by atoms with van der Waals surface area (Å²) in [6.45, 7) is 6.63. The van der Waals surface area contributed by atoms with Gasteiger partial charge in [-0.25, -0.2) is 0 Å². The summed E-state index contributed by atoms with van der Waals surface area (Å²) < 4.78 is 0. The zero-order chi connectivity index (χ0) is 15.4. The van der Waals surface area contributed by atoms with Gasteiger partial charge in [0.2, 0.25) is 5.91 Å². The van der Waals surface area contributed by atoms with Crippen LogP contribution in [0.2, 0.25) is 0 Å². The molecule has 112 valence electrons. The molecule has 0 saturated heterocycles. The Morgan fingerprint density at radius 2 is 1.90 bits per heavy atom. The van der Waals surface area contributed by atoms with Crippen LogP contribution in [-0.4, -0.2) is 29.9 Å². The molecule has 0 aliphatic rings. The SMILES string of the molecule is CCCNC(=O)CNC(=O)c1cc2c(C)cc(C)cc2[nH]1. The van der Waals surface area contributed by atoms with Gasteiger partial charge in [0, 0.05) is 17.4 Å². The Hall–Kier alpha value is -2.30. The zero-order valence-electron chi connectivity index (χ0n) is 12.7. The van der Waals surface area contributed by atoms with Crippen molar-refractivity contribution < 1.29 is 9.59 Å². The van der Waals surface area contributed by atoms with Gasteiger partial charge in [-0.3, -0.25) is 9.59 Å². The molecule has 2 rings (SSSR count). The molecule has 0 unspecified atom stereocenters. The first-order valence-corrected chi connectivity index (χ1v) is 7.16. The molecule has 2 aromatic rings. The lowest BCUT2D eigenvalue weighted by Crippen LogP contribution is -2.37. The number of aromatic nitrogens is 1. The molecule has 0 radical (unpaired) electrons. The molecular formula is C16H21N3O2. The van der Waals surface area contributed by atoms with Crippen molar-refractivity contribution in [1.82, 2.24) is 15.6 Å². The smallest absolute Gasteiger partial charge is 0.268 e. The average molecular weight is 287 g/mol. The Labute approximate surface area is 124 Å². The minimum atomic E-state index is -0.269. The highest BCUT2D eigenvalue weighted by molar-refractivity contribution is 6.00. The van der Waals surface area contributed by atoms with E-state index in [0.29, 0.717) is 12.2 Å². The Kier molecular flexibility index (Phi) is 4.62. The average Bonchev–Trinajstić information content (AvgIpc) is 2.86. The van der Waals surface area contributed by atoms with Crippen molar-refractivity contribution in [2.75, 3.05) is 13.1 Å². The van der Waals surface area contributed by atoms with E-state index in [9.17, 15) is 9.59 Å². The summed E-state index contributed by atoms with van der Waals surface area (Å²) in [5.74, 6) is -0.441. The maximum atomic E-state index is 12.1. The summed E-state index contributed by atoms with van der Waals surface area (Å²) >= 11 is 0. The normalized spacial score (nSPS) is 10.6. The van der Waals surface area contributed by atoms with Gasteiger partial charge in [0.05, 0.1) is 6.54 Å². The molecule has 0 spiro atoms. The monoisotopic (exact) mass is 287 g/mol. The van der Waals surface area contributed by atoms with Gasteiger partial charge in [-0.2, -0.15) is 0 Å². The van der Waals surface area contributed by atoms with Crippen molar-refractivity contribution in [3.05, 3.63) is 35.0 Å². The Morgan fingerprint density at radius 1 is 1.14 bits per heavy atom. The number of benzene rings is 1. The first-order valence-electron chi connectivity index (χ1n) is 7.16. The van der Waals surface area contributed by atoms with Crippen molar-refractivity contribution in [2.24, 2.45) is 0 Å². The van der Waals surface area contributed by atoms with E-state index < -0.39 is 0 Å². The molecule has 0 aliphatic carbocycles. The van der Waals surface area contributed by atoms with Crippen LogP contribution in [-0.2, 0) is 4.79 Å². The Bertz CT molecular complexity index is 673. The van der Waals surface area contributed by atoms with Gasteiger partial charge in [0.1, 0.15) is 5.69 Å². The number of fused-ring (bicyclic) bond motifs is 1. The molecule has 1 heterocycles. The number of hydrogen-bond acceptors (Lipinski definition) is 2. The highest BCUT2D eigenvalue weighted by Crippen LogP contribution is 2.21. The van der Waals surface area contributed by atoms with Crippen LogP contribution in [0.3, 0.4) is 0 Å². The van der Waals surface area contributed by atoms with Crippen LogP contribution in [0.1, 0.15) is 35.0 Å². The molecule has 0 atom stereocenters. The number of hydrogen-bond donors (Lipinski definition) is 3. The van der Waals surface area contributed by atoms with E-state index in [-0.39, 0.29) is 18.4 Å². The van der Waals surface area contributed by atoms with Crippen molar-refractivity contribution >= 4 is 22.7 Å². The lowest BCUT2D eigenvalue weighted by Gasteiger charge is -2.04. The summed E-state index contributed by atoms with van der Waals surface area (Å²) in [7, 11) is 0. The Balaban J connectivity index is 2.06. The fourth-order valence-corrected chi connectivity index (χ4v) is 2.30. The maximum absolute atomic E-state index is 12.1. The summed E-state index contributed by atoms with van der Waals surface area (Å²) in [4.78, 5) is 26.6. The van der Waals surface area contributed by atoms with Crippen LogP contribution in [0.15, 0.2) is 18.2 Å². The van der Waals surface area contributed by atoms with Gasteiger partial charge >= 0.3 is 0 Å². The second kappa shape index (κ2) is 6.43. The third-order valence-electron chi connectivity index (χ3n) is 3.32. The zero-order valence-corrected chi connectivity index (χ0v) is 12.7. The van der Waals surface area contributed by atoms with E-state index in [1.54, 1.807) is 0 Å². The number of carbonyl (C=O) groups excluding carboxylic acids is 2. The molecule has 21 heavy (non-hydrogen) atoms. The quantitative estimate of drug-likeness (QED) is 0.787. The summed E-state index contributed by atoms with van der Waals surface area (Å²) in [5, 5.41) is 6.37. The number of rotatable bonds is 5. The highest BCUT2D eigenvalue weighted by Gasteiger charge is 2.12. The fourth-order valence-electron chi connectivity index (χ4n) is 2.30. The van der Waals surface area contributed by atoms with Gasteiger partial charge < -0.3 is 15.6 Å². The van der Waals surface area contributed by atoms with Crippen LogP contribution >= 0.6 is 0 Å². The van der Waals surface area contributed by atoms with E-state index in [4.69, 9.17) is 0 Å². The lowest BCUT2D eigenvalue weighted by molar-refractivity contribution is -0.120. The van der Waals surface area contributed by atoms with Gasteiger partial charge in [-0.05, 0) is 43.5 Å². The van der Waals surface area contributed by atoms with E-state index in [1.165, 1.54) is 0 Å². The molecule has 5 heteroatoms. The minimum Gasteiger partial charge on any atom is -0.355 e. The fraction of sp³-hybridized carbons (Fsp3) is 0.375. The standard InChI is InChI=1S/C16H21N3O2/c1-4-5-17-15(20)9-18-16(21)14-8-12-11(3)6-10(2)7-13(12)19-14/h6-8,19H,4-5,9H2,1-3H3,(H,17,20)(H,18,21). The third-order valence-corrected chi connectivity index (χ3v) is 3.32.